The lowest BCUT2D eigenvalue weighted by Gasteiger charge is -2.26. The van der Waals surface area contributed by atoms with Crippen molar-refractivity contribution in [3.05, 3.63) is 29.6 Å². The molecule has 1 rings (SSSR count). The van der Waals surface area contributed by atoms with Crippen molar-refractivity contribution in [3.63, 3.8) is 0 Å². The summed E-state index contributed by atoms with van der Waals surface area (Å²) in [6.07, 6.45) is 0. The second kappa shape index (κ2) is 4.12. The zero-order valence-electron chi connectivity index (χ0n) is 9.91. The molecule has 0 fully saturated rings. The monoisotopic (exact) mass is 225 g/mol. The first-order chi connectivity index (χ1) is 7.26. The molecule has 0 atom stereocenters. The summed E-state index contributed by atoms with van der Waals surface area (Å²) < 4.78 is 13.1. The van der Waals surface area contributed by atoms with E-state index in [4.69, 9.17) is 5.11 Å². The number of hydrogen-bond donors (Lipinski definition) is 1. The fourth-order valence-electron chi connectivity index (χ4n) is 1.52. The first kappa shape index (κ1) is 12.5. The molecule has 0 aliphatic rings. The Bertz CT molecular complexity index is 413. The average Bonchev–Trinajstić information content (AvgIpc) is 2.16. The van der Waals surface area contributed by atoms with Gasteiger partial charge in [0.25, 0.3) is 0 Å². The van der Waals surface area contributed by atoms with Crippen LogP contribution in [0.5, 0.6) is 0 Å². The Morgan fingerprint density at radius 2 is 1.94 bits per heavy atom. The number of carbonyl (C=O) groups is 1. The van der Waals surface area contributed by atoms with Gasteiger partial charge in [0, 0.05) is 19.8 Å². The van der Waals surface area contributed by atoms with Gasteiger partial charge >= 0.3 is 5.97 Å². The summed E-state index contributed by atoms with van der Waals surface area (Å²) >= 11 is 0. The van der Waals surface area contributed by atoms with Crippen molar-refractivity contribution >= 4 is 11.7 Å². The molecule has 0 aliphatic carbocycles. The minimum Gasteiger partial charge on any atom is -0.481 e. The van der Waals surface area contributed by atoms with E-state index < -0.39 is 11.4 Å². The van der Waals surface area contributed by atoms with Gasteiger partial charge in [-0.3, -0.25) is 4.79 Å². The van der Waals surface area contributed by atoms with Crippen LogP contribution in [0.15, 0.2) is 18.2 Å². The van der Waals surface area contributed by atoms with Crippen LogP contribution in [0.25, 0.3) is 0 Å². The van der Waals surface area contributed by atoms with E-state index in [0.29, 0.717) is 11.3 Å². The largest absolute Gasteiger partial charge is 0.481 e. The summed E-state index contributed by atoms with van der Waals surface area (Å²) in [4.78, 5) is 12.9. The van der Waals surface area contributed by atoms with Crippen molar-refractivity contribution in [2.75, 3.05) is 19.0 Å². The van der Waals surface area contributed by atoms with Crippen molar-refractivity contribution in [1.29, 1.82) is 0 Å². The number of carboxylic acid groups (broad SMARTS) is 1. The molecular formula is C12H16FNO2. The molecule has 0 radical (unpaired) electrons. The smallest absolute Gasteiger partial charge is 0.313 e. The first-order valence-corrected chi connectivity index (χ1v) is 4.97. The summed E-state index contributed by atoms with van der Waals surface area (Å²) in [6.45, 7) is 3.21. The molecule has 0 heterocycles. The minimum absolute atomic E-state index is 0.367. The van der Waals surface area contributed by atoms with Crippen LogP contribution in [-0.4, -0.2) is 25.2 Å². The van der Waals surface area contributed by atoms with Crippen molar-refractivity contribution in [1.82, 2.24) is 0 Å². The number of hydrogen-bond acceptors (Lipinski definition) is 2. The minimum atomic E-state index is -1.03. The lowest BCUT2D eigenvalue weighted by atomic mass is 9.83. The molecular weight excluding hydrogens is 209 g/mol. The number of nitrogens with zero attached hydrogens (tertiary/aromatic N) is 1. The molecule has 0 aliphatic heterocycles. The van der Waals surface area contributed by atoms with E-state index in [0.717, 1.165) is 0 Å². The van der Waals surface area contributed by atoms with Gasteiger partial charge in [-0.1, -0.05) is 6.07 Å². The van der Waals surface area contributed by atoms with Gasteiger partial charge in [-0.15, -0.1) is 0 Å². The maximum absolute atomic E-state index is 13.1. The number of benzene rings is 1. The predicted octanol–water partition coefficient (Wildman–Crippen LogP) is 2.25. The standard InChI is InChI=1S/C12H16FNO2/c1-12(2,11(15)16)9-6-5-8(13)7-10(9)14(3)4/h5-7H,1-4H3,(H,15,16). The maximum atomic E-state index is 13.1. The normalized spacial score (nSPS) is 11.3. The highest BCUT2D eigenvalue weighted by Crippen LogP contribution is 2.32. The van der Waals surface area contributed by atoms with Gasteiger partial charge in [-0.05, 0) is 31.5 Å². The summed E-state index contributed by atoms with van der Waals surface area (Å²) in [7, 11) is 3.52. The highest BCUT2D eigenvalue weighted by atomic mass is 19.1. The van der Waals surface area contributed by atoms with Crippen molar-refractivity contribution < 1.29 is 14.3 Å². The number of halogens is 1. The molecule has 0 spiro atoms. The van der Waals surface area contributed by atoms with Gasteiger partial charge in [0.15, 0.2) is 0 Å². The molecule has 3 nitrogen and oxygen atoms in total. The van der Waals surface area contributed by atoms with E-state index in [1.54, 1.807) is 32.8 Å². The lowest BCUT2D eigenvalue weighted by molar-refractivity contribution is -0.142. The Morgan fingerprint density at radius 1 is 1.38 bits per heavy atom. The molecule has 0 bridgehead atoms. The quantitative estimate of drug-likeness (QED) is 0.857. The molecule has 1 aromatic carbocycles. The molecule has 0 amide bonds. The van der Waals surface area contributed by atoms with E-state index in [2.05, 4.69) is 0 Å². The summed E-state index contributed by atoms with van der Waals surface area (Å²) in [6, 6.07) is 4.16. The van der Waals surface area contributed by atoms with Gasteiger partial charge in [0.05, 0.1) is 5.41 Å². The van der Waals surface area contributed by atoms with Crippen LogP contribution >= 0.6 is 0 Å². The van der Waals surface area contributed by atoms with Crippen LogP contribution in [0.1, 0.15) is 19.4 Å². The first-order valence-electron chi connectivity index (χ1n) is 4.97. The summed E-state index contributed by atoms with van der Waals surface area (Å²) in [5.41, 5.74) is 0.159. The van der Waals surface area contributed by atoms with Crippen LogP contribution in [0.4, 0.5) is 10.1 Å². The topological polar surface area (TPSA) is 40.5 Å². The Balaban J connectivity index is 3.39. The summed E-state index contributed by atoms with van der Waals surface area (Å²) in [5.74, 6) is -1.30. The van der Waals surface area contributed by atoms with E-state index in [1.165, 1.54) is 18.2 Å². The number of carboxylic acids is 1. The molecule has 1 aromatic rings. The van der Waals surface area contributed by atoms with Crippen LogP contribution in [0.2, 0.25) is 0 Å². The van der Waals surface area contributed by atoms with E-state index in [9.17, 15) is 9.18 Å². The number of rotatable bonds is 3. The van der Waals surface area contributed by atoms with Gasteiger partial charge in [0.2, 0.25) is 0 Å². The fourth-order valence-corrected chi connectivity index (χ4v) is 1.52. The lowest BCUT2D eigenvalue weighted by Crippen LogP contribution is -2.30. The van der Waals surface area contributed by atoms with Crippen LogP contribution < -0.4 is 4.90 Å². The Hall–Kier alpha value is -1.58. The molecule has 88 valence electrons. The fraction of sp³-hybridized carbons (Fsp3) is 0.417. The zero-order chi connectivity index (χ0) is 12.5. The Morgan fingerprint density at radius 3 is 2.38 bits per heavy atom. The molecule has 4 heteroatoms. The van der Waals surface area contributed by atoms with Crippen LogP contribution in [0, 0.1) is 5.82 Å². The van der Waals surface area contributed by atoms with Crippen LogP contribution in [-0.2, 0) is 10.2 Å². The molecule has 16 heavy (non-hydrogen) atoms. The highest BCUT2D eigenvalue weighted by Gasteiger charge is 2.32. The molecule has 0 unspecified atom stereocenters. The van der Waals surface area contributed by atoms with E-state index in [1.807, 2.05) is 0 Å². The van der Waals surface area contributed by atoms with Gasteiger partial charge in [-0.25, -0.2) is 4.39 Å². The van der Waals surface area contributed by atoms with Gasteiger partial charge in [-0.2, -0.15) is 0 Å². The highest BCUT2D eigenvalue weighted by molar-refractivity contribution is 5.83. The molecule has 0 aromatic heterocycles. The second-order valence-corrected chi connectivity index (χ2v) is 4.49. The third-order valence-electron chi connectivity index (χ3n) is 2.65. The Labute approximate surface area is 94.5 Å². The van der Waals surface area contributed by atoms with E-state index >= 15 is 0 Å². The predicted molar refractivity (Wildman–Crippen MR) is 61.4 cm³/mol. The number of aliphatic carboxylic acids is 1. The SMILES string of the molecule is CN(C)c1cc(F)ccc1C(C)(C)C(=O)O. The van der Waals surface area contributed by atoms with Gasteiger partial charge in [0.1, 0.15) is 5.82 Å². The van der Waals surface area contributed by atoms with Crippen LogP contribution in [0.3, 0.4) is 0 Å². The van der Waals surface area contributed by atoms with E-state index in [-0.39, 0.29) is 5.82 Å². The van der Waals surface area contributed by atoms with Crippen molar-refractivity contribution in [2.24, 2.45) is 0 Å². The number of anilines is 1. The molecule has 0 saturated heterocycles. The third kappa shape index (κ3) is 2.15. The maximum Gasteiger partial charge on any atom is 0.313 e. The molecule has 0 saturated carbocycles. The Kier molecular flexibility index (Phi) is 3.21. The van der Waals surface area contributed by atoms with Crippen molar-refractivity contribution in [3.8, 4) is 0 Å². The molecule has 1 N–H and O–H groups in total. The van der Waals surface area contributed by atoms with Crippen molar-refractivity contribution in [2.45, 2.75) is 19.3 Å². The van der Waals surface area contributed by atoms with Gasteiger partial charge < -0.3 is 10.0 Å². The second-order valence-electron chi connectivity index (χ2n) is 4.49. The third-order valence-corrected chi connectivity index (χ3v) is 2.65. The summed E-state index contributed by atoms with van der Waals surface area (Å²) in [5, 5.41) is 9.16. The average molecular weight is 225 g/mol. The zero-order valence-corrected chi connectivity index (χ0v) is 9.91.